The molecule has 0 saturated carbocycles. The van der Waals surface area contributed by atoms with Crippen LogP contribution in [0.3, 0.4) is 0 Å². The van der Waals surface area contributed by atoms with E-state index >= 15 is 0 Å². The number of rotatable bonds is 3. The van der Waals surface area contributed by atoms with Gasteiger partial charge >= 0.3 is 0 Å². The number of likely N-dealkylation sites (tertiary alicyclic amines) is 1. The fourth-order valence-corrected chi connectivity index (χ4v) is 4.37. The molecule has 2 saturated heterocycles. The molecule has 2 aliphatic heterocycles. The van der Waals surface area contributed by atoms with Crippen molar-refractivity contribution in [1.29, 1.82) is 0 Å². The summed E-state index contributed by atoms with van der Waals surface area (Å²) in [5.41, 5.74) is 1.25. The van der Waals surface area contributed by atoms with Gasteiger partial charge in [-0.15, -0.1) is 0 Å². The zero-order valence-corrected chi connectivity index (χ0v) is 13.7. The molecule has 0 N–H and O–H groups in total. The highest BCUT2D eigenvalue weighted by Crippen LogP contribution is 2.29. The molecule has 0 amide bonds. The standard InChI is InChI=1S/C16H27N3S/c1-13(2)15-12-16(20-17-15)19-10-6-14(7-11-19)18-8-4-3-5-9-18/h12-14H,3-11H2,1-2H3. The molecule has 2 fully saturated rings. The van der Waals surface area contributed by atoms with Crippen LogP contribution in [0.4, 0.5) is 5.00 Å². The Morgan fingerprint density at radius 2 is 1.80 bits per heavy atom. The van der Waals surface area contributed by atoms with Gasteiger partial charge in [0.15, 0.2) is 0 Å². The quantitative estimate of drug-likeness (QED) is 0.846. The van der Waals surface area contributed by atoms with Gasteiger partial charge in [0.05, 0.1) is 5.69 Å². The fourth-order valence-electron chi connectivity index (χ4n) is 3.43. The molecule has 2 aliphatic rings. The molecule has 0 aliphatic carbocycles. The van der Waals surface area contributed by atoms with Crippen molar-refractivity contribution >= 4 is 16.5 Å². The van der Waals surface area contributed by atoms with E-state index in [1.165, 1.54) is 69.0 Å². The average molecular weight is 293 g/mol. The summed E-state index contributed by atoms with van der Waals surface area (Å²) in [4.78, 5) is 5.29. The van der Waals surface area contributed by atoms with Gasteiger partial charge in [-0.1, -0.05) is 20.3 Å². The first kappa shape index (κ1) is 14.3. The van der Waals surface area contributed by atoms with E-state index < -0.39 is 0 Å². The third kappa shape index (κ3) is 3.17. The van der Waals surface area contributed by atoms with E-state index in [0.717, 1.165) is 6.04 Å². The van der Waals surface area contributed by atoms with Crippen molar-refractivity contribution in [3.63, 3.8) is 0 Å². The van der Waals surface area contributed by atoms with Crippen molar-refractivity contribution in [2.45, 2.75) is 57.9 Å². The molecule has 0 bridgehead atoms. The molecule has 4 heteroatoms. The lowest BCUT2D eigenvalue weighted by Gasteiger charge is -2.40. The van der Waals surface area contributed by atoms with Crippen LogP contribution in [-0.4, -0.2) is 41.5 Å². The Balaban J connectivity index is 1.54. The largest absolute Gasteiger partial charge is 0.362 e. The van der Waals surface area contributed by atoms with Crippen molar-refractivity contribution in [3.05, 3.63) is 11.8 Å². The molecule has 1 aromatic rings. The van der Waals surface area contributed by atoms with Gasteiger partial charge in [0.25, 0.3) is 0 Å². The molecule has 3 heterocycles. The molecule has 0 unspecified atom stereocenters. The average Bonchev–Trinajstić information content (AvgIpc) is 2.98. The number of hydrogen-bond acceptors (Lipinski definition) is 4. The Kier molecular flexibility index (Phi) is 4.61. The van der Waals surface area contributed by atoms with E-state index in [4.69, 9.17) is 0 Å². The molecule has 20 heavy (non-hydrogen) atoms. The predicted molar refractivity (Wildman–Crippen MR) is 86.9 cm³/mol. The summed E-state index contributed by atoms with van der Waals surface area (Å²) < 4.78 is 4.59. The van der Waals surface area contributed by atoms with Crippen LogP contribution in [0.15, 0.2) is 6.07 Å². The Bertz CT molecular complexity index is 415. The zero-order chi connectivity index (χ0) is 13.9. The summed E-state index contributed by atoms with van der Waals surface area (Å²) in [5.74, 6) is 0.547. The second-order valence-corrected chi connectivity index (χ2v) is 7.34. The predicted octanol–water partition coefficient (Wildman–Crippen LogP) is 3.72. The molecule has 1 aromatic heterocycles. The zero-order valence-electron chi connectivity index (χ0n) is 12.8. The minimum absolute atomic E-state index is 0.547. The lowest BCUT2D eigenvalue weighted by atomic mass is 10.00. The highest BCUT2D eigenvalue weighted by atomic mass is 32.1. The molecular weight excluding hydrogens is 266 g/mol. The highest BCUT2D eigenvalue weighted by Gasteiger charge is 2.26. The number of anilines is 1. The SMILES string of the molecule is CC(C)c1cc(N2CCC(N3CCCCC3)CC2)sn1. The molecule has 0 spiro atoms. The van der Waals surface area contributed by atoms with Crippen molar-refractivity contribution in [2.24, 2.45) is 0 Å². The lowest BCUT2D eigenvalue weighted by Crippen LogP contribution is -2.46. The van der Waals surface area contributed by atoms with Crippen molar-refractivity contribution in [3.8, 4) is 0 Å². The highest BCUT2D eigenvalue weighted by molar-refractivity contribution is 7.10. The minimum Gasteiger partial charge on any atom is -0.362 e. The first-order valence-corrected chi connectivity index (χ1v) is 8.97. The molecule has 3 nitrogen and oxygen atoms in total. The van der Waals surface area contributed by atoms with Gasteiger partial charge in [-0.05, 0) is 62.3 Å². The van der Waals surface area contributed by atoms with Gasteiger partial charge in [-0.3, -0.25) is 0 Å². The topological polar surface area (TPSA) is 19.4 Å². The summed E-state index contributed by atoms with van der Waals surface area (Å²) >= 11 is 1.68. The molecular formula is C16H27N3S. The number of hydrogen-bond donors (Lipinski definition) is 0. The second kappa shape index (κ2) is 6.44. The van der Waals surface area contributed by atoms with Crippen molar-refractivity contribution < 1.29 is 0 Å². The van der Waals surface area contributed by atoms with Gasteiger partial charge in [-0.25, -0.2) is 0 Å². The van der Waals surface area contributed by atoms with E-state index in [1.807, 2.05) is 0 Å². The van der Waals surface area contributed by atoms with Gasteiger partial charge in [0.2, 0.25) is 0 Å². The van der Waals surface area contributed by atoms with Crippen LogP contribution in [0.1, 0.15) is 57.6 Å². The summed E-state index contributed by atoms with van der Waals surface area (Å²) in [7, 11) is 0. The lowest BCUT2D eigenvalue weighted by molar-refractivity contribution is 0.141. The third-order valence-corrected chi connectivity index (χ3v) is 5.66. The van der Waals surface area contributed by atoms with Crippen LogP contribution in [-0.2, 0) is 0 Å². The molecule has 0 atom stereocenters. The van der Waals surface area contributed by atoms with Crippen molar-refractivity contribution in [2.75, 3.05) is 31.1 Å². The molecule has 0 aromatic carbocycles. The first-order chi connectivity index (χ1) is 9.74. The van der Waals surface area contributed by atoms with E-state index in [2.05, 4.69) is 34.1 Å². The summed E-state index contributed by atoms with van der Waals surface area (Å²) in [6, 6.07) is 3.14. The summed E-state index contributed by atoms with van der Waals surface area (Å²) in [6.45, 7) is 9.54. The van der Waals surface area contributed by atoms with E-state index in [0.29, 0.717) is 5.92 Å². The van der Waals surface area contributed by atoms with Crippen LogP contribution in [0.5, 0.6) is 0 Å². The van der Waals surface area contributed by atoms with Gasteiger partial charge in [0.1, 0.15) is 5.00 Å². The Hall–Kier alpha value is -0.610. The van der Waals surface area contributed by atoms with Crippen molar-refractivity contribution in [1.82, 2.24) is 9.27 Å². The van der Waals surface area contributed by atoms with Crippen LogP contribution < -0.4 is 4.90 Å². The maximum absolute atomic E-state index is 4.59. The smallest absolute Gasteiger partial charge is 0.112 e. The monoisotopic (exact) mass is 293 g/mol. The second-order valence-electron chi connectivity index (χ2n) is 6.56. The van der Waals surface area contributed by atoms with Gasteiger partial charge in [-0.2, -0.15) is 4.37 Å². The maximum atomic E-state index is 4.59. The number of aromatic nitrogens is 1. The normalized spacial score (nSPS) is 22.6. The number of nitrogens with zero attached hydrogens (tertiary/aromatic N) is 3. The molecule has 112 valence electrons. The molecule has 3 rings (SSSR count). The Labute approximate surface area is 127 Å². The Morgan fingerprint density at radius 3 is 2.40 bits per heavy atom. The van der Waals surface area contributed by atoms with Gasteiger partial charge in [0, 0.05) is 19.1 Å². The summed E-state index contributed by atoms with van der Waals surface area (Å²) in [5, 5.41) is 1.38. The van der Waals surface area contributed by atoms with Crippen LogP contribution in [0.25, 0.3) is 0 Å². The van der Waals surface area contributed by atoms with E-state index in [1.54, 1.807) is 11.5 Å². The van der Waals surface area contributed by atoms with E-state index in [9.17, 15) is 0 Å². The van der Waals surface area contributed by atoms with Crippen LogP contribution in [0, 0.1) is 0 Å². The van der Waals surface area contributed by atoms with E-state index in [-0.39, 0.29) is 0 Å². The molecule has 0 radical (unpaired) electrons. The van der Waals surface area contributed by atoms with Crippen LogP contribution >= 0.6 is 11.5 Å². The third-order valence-electron chi connectivity index (χ3n) is 4.79. The first-order valence-electron chi connectivity index (χ1n) is 8.19. The summed E-state index contributed by atoms with van der Waals surface area (Å²) in [6.07, 6.45) is 6.91. The Morgan fingerprint density at radius 1 is 1.10 bits per heavy atom. The fraction of sp³-hybridized carbons (Fsp3) is 0.812. The number of piperidine rings is 2. The van der Waals surface area contributed by atoms with Gasteiger partial charge < -0.3 is 9.80 Å². The van der Waals surface area contributed by atoms with Crippen LogP contribution in [0.2, 0.25) is 0 Å². The minimum atomic E-state index is 0.547. The maximum Gasteiger partial charge on any atom is 0.112 e.